The number of rotatable bonds is 2. The second kappa shape index (κ2) is 7.04. The van der Waals surface area contributed by atoms with Crippen molar-refractivity contribution in [2.75, 3.05) is 10.6 Å². The summed E-state index contributed by atoms with van der Waals surface area (Å²) in [5, 5.41) is 4.55. The summed E-state index contributed by atoms with van der Waals surface area (Å²) in [5.74, 6) is -2.03. The Kier molecular flexibility index (Phi) is 5.28. The minimum atomic E-state index is -4.53. The van der Waals surface area contributed by atoms with Gasteiger partial charge in [0.1, 0.15) is 0 Å². The van der Waals surface area contributed by atoms with Crippen molar-refractivity contribution in [3.63, 3.8) is 0 Å². The fraction of sp³-hybridized carbons (Fsp3) is 0.125. The summed E-state index contributed by atoms with van der Waals surface area (Å²) in [7, 11) is 0. The molecular formula is C16H12BrF3N2O2. The van der Waals surface area contributed by atoms with Crippen LogP contribution >= 0.6 is 15.9 Å². The van der Waals surface area contributed by atoms with Gasteiger partial charge in [0.25, 0.3) is 0 Å². The predicted octanol–water partition coefficient (Wildman–Crippen LogP) is 4.35. The number of carbonyl (C=O) groups is 2. The molecule has 2 aromatic rings. The molecule has 126 valence electrons. The summed E-state index contributed by atoms with van der Waals surface area (Å²) in [5.41, 5.74) is 0.133. The number of nitrogens with one attached hydrogen (secondary N) is 2. The van der Waals surface area contributed by atoms with E-state index < -0.39 is 23.6 Å². The van der Waals surface area contributed by atoms with Crippen LogP contribution in [0.5, 0.6) is 0 Å². The van der Waals surface area contributed by atoms with E-state index in [4.69, 9.17) is 0 Å². The highest BCUT2D eigenvalue weighted by Crippen LogP contribution is 2.30. The molecule has 2 aromatic carbocycles. The van der Waals surface area contributed by atoms with Crippen molar-refractivity contribution in [2.45, 2.75) is 13.1 Å². The third kappa shape index (κ3) is 4.58. The molecule has 2 amide bonds. The lowest BCUT2D eigenvalue weighted by molar-refractivity contribution is -0.137. The summed E-state index contributed by atoms with van der Waals surface area (Å²) in [4.78, 5) is 23.7. The van der Waals surface area contributed by atoms with Crippen molar-refractivity contribution in [1.29, 1.82) is 0 Å². The van der Waals surface area contributed by atoms with Crippen molar-refractivity contribution in [3.8, 4) is 0 Å². The highest BCUT2D eigenvalue weighted by Gasteiger charge is 2.30. The molecule has 0 bridgehead atoms. The molecule has 0 aliphatic carbocycles. The van der Waals surface area contributed by atoms with Gasteiger partial charge in [-0.1, -0.05) is 22.0 Å². The molecule has 0 aliphatic heterocycles. The number of alkyl halides is 3. The first-order valence-electron chi connectivity index (χ1n) is 6.72. The van der Waals surface area contributed by atoms with Crippen molar-refractivity contribution in [3.05, 3.63) is 58.1 Å². The van der Waals surface area contributed by atoms with E-state index in [0.717, 1.165) is 28.2 Å². The van der Waals surface area contributed by atoms with Gasteiger partial charge in [-0.2, -0.15) is 13.2 Å². The van der Waals surface area contributed by atoms with Crippen LogP contribution in [0.1, 0.15) is 11.1 Å². The van der Waals surface area contributed by atoms with Gasteiger partial charge in [-0.15, -0.1) is 0 Å². The van der Waals surface area contributed by atoms with Crippen LogP contribution in [-0.4, -0.2) is 11.8 Å². The molecule has 0 atom stereocenters. The Morgan fingerprint density at radius 1 is 1.00 bits per heavy atom. The van der Waals surface area contributed by atoms with Crippen molar-refractivity contribution < 1.29 is 22.8 Å². The molecule has 0 heterocycles. The zero-order chi connectivity index (χ0) is 17.9. The quantitative estimate of drug-likeness (QED) is 0.736. The molecule has 0 aromatic heterocycles. The molecule has 0 spiro atoms. The standard InChI is InChI=1S/C16H12BrF3N2O2/c1-9-7-11(17)5-6-13(9)22-15(24)14(23)21-12-4-2-3-10(8-12)16(18,19)20/h2-8H,1H3,(H,21,23)(H,22,24). The third-order valence-electron chi connectivity index (χ3n) is 3.09. The normalized spacial score (nSPS) is 11.0. The average Bonchev–Trinajstić information content (AvgIpc) is 2.49. The van der Waals surface area contributed by atoms with E-state index in [9.17, 15) is 22.8 Å². The molecule has 0 saturated carbocycles. The molecule has 0 unspecified atom stereocenters. The van der Waals surface area contributed by atoms with Crippen molar-refractivity contribution in [2.24, 2.45) is 0 Å². The number of anilines is 2. The van der Waals surface area contributed by atoms with Crippen LogP contribution in [0.2, 0.25) is 0 Å². The van der Waals surface area contributed by atoms with Gasteiger partial charge >= 0.3 is 18.0 Å². The lowest BCUT2D eigenvalue weighted by atomic mass is 10.2. The minimum Gasteiger partial charge on any atom is -0.318 e. The second-order valence-electron chi connectivity index (χ2n) is 4.95. The summed E-state index contributed by atoms with van der Waals surface area (Å²) < 4.78 is 38.7. The number of amides is 2. The van der Waals surface area contributed by atoms with Crippen LogP contribution in [-0.2, 0) is 15.8 Å². The fourth-order valence-electron chi connectivity index (χ4n) is 1.91. The molecule has 2 rings (SSSR count). The summed E-state index contributed by atoms with van der Waals surface area (Å²) in [6.45, 7) is 1.74. The molecule has 8 heteroatoms. The SMILES string of the molecule is Cc1cc(Br)ccc1NC(=O)C(=O)Nc1cccc(C(F)(F)F)c1. The van der Waals surface area contributed by atoms with E-state index in [1.165, 1.54) is 6.07 Å². The highest BCUT2D eigenvalue weighted by atomic mass is 79.9. The molecule has 0 saturated heterocycles. The van der Waals surface area contributed by atoms with Gasteiger partial charge < -0.3 is 10.6 Å². The van der Waals surface area contributed by atoms with E-state index >= 15 is 0 Å². The van der Waals surface area contributed by atoms with Gasteiger partial charge in [-0.3, -0.25) is 9.59 Å². The summed E-state index contributed by atoms with van der Waals surface area (Å²) in [6, 6.07) is 9.10. The molecule has 0 fully saturated rings. The summed E-state index contributed by atoms with van der Waals surface area (Å²) in [6.07, 6.45) is -4.53. The van der Waals surface area contributed by atoms with Crippen molar-refractivity contribution in [1.82, 2.24) is 0 Å². The zero-order valence-corrected chi connectivity index (χ0v) is 14.0. The molecule has 4 nitrogen and oxygen atoms in total. The van der Waals surface area contributed by atoms with E-state index in [1.54, 1.807) is 25.1 Å². The van der Waals surface area contributed by atoms with Gasteiger partial charge in [-0.25, -0.2) is 0 Å². The zero-order valence-electron chi connectivity index (χ0n) is 12.4. The first kappa shape index (κ1) is 18.0. The van der Waals surface area contributed by atoms with Gasteiger partial charge in [0.15, 0.2) is 0 Å². The number of aryl methyl sites for hydroxylation is 1. The van der Waals surface area contributed by atoms with Crippen LogP contribution < -0.4 is 10.6 Å². The molecule has 0 aliphatic rings. The van der Waals surface area contributed by atoms with Crippen LogP contribution in [0.15, 0.2) is 46.9 Å². The molecule has 2 N–H and O–H groups in total. The van der Waals surface area contributed by atoms with Gasteiger partial charge in [-0.05, 0) is 48.9 Å². The summed E-state index contributed by atoms with van der Waals surface area (Å²) >= 11 is 3.27. The smallest absolute Gasteiger partial charge is 0.318 e. The first-order valence-corrected chi connectivity index (χ1v) is 7.52. The average molecular weight is 401 g/mol. The highest BCUT2D eigenvalue weighted by molar-refractivity contribution is 9.10. The first-order chi connectivity index (χ1) is 11.2. The van der Waals surface area contributed by atoms with Gasteiger partial charge in [0.2, 0.25) is 0 Å². The maximum Gasteiger partial charge on any atom is 0.416 e. The van der Waals surface area contributed by atoms with E-state index in [2.05, 4.69) is 26.6 Å². The van der Waals surface area contributed by atoms with E-state index in [0.29, 0.717) is 5.69 Å². The van der Waals surface area contributed by atoms with E-state index in [-0.39, 0.29) is 5.69 Å². The Morgan fingerprint density at radius 2 is 1.67 bits per heavy atom. The number of halogens is 4. The Bertz CT molecular complexity index is 791. The predicted molar refractivity (Wildman–Crippen MR) is 87.6 cm³/mol. The van der Waals surface area contributed by atoms with Crippen LogP contribution in [0.25, 0.3) is 0 Å². The Hall–Kier alpha value is -2.35. The number of benzene rings is 2. The van der Waals surface area contributed by atoms with Crippen LogP contribution in [0.3, 0.4) is 0 Å². The maximum atomic E-state index is 12.6. The fourth-order valence-corrected chi connectivity index (χ4v) is 2.38. The Labute approximate surface area is 144 Å². The van der Waals surface area contributed by atoms with Gasteiger partial charge in [0, 0.05) is 15.8 Å². The number of hydrogen-bond donors (Lipinski definition) is 2. The minimum absolute atomic E-state index is 0.113. The molecular weight excluding hydrogens is 389 g/mol. The van der Waals surface area contributed by atoms with Gasteiger partial charge in [0.05, 0.1) is 5.56 Å². The molecule has 0 radical (unpaired) electrons. The Balaban J connectivity index is 2.08. The lowest BCUT2D eigenvalue weighted by Gasteiger charge is -2.11. The second-order valence-corrected chi connectivity index (χ2v) is 5.86. The number of hydrogen-bond acceptors (Lipinski definition) is 2. The van der Waals surface area contributed by atoms with E-state index in [1.807, 2.05) is 0 Å². The monoisotopic (exact) mass is 400 g/mol. The third-order valence-corrected chi connectivity index (χ3v) is 3.58. The topological polar surface area (TPSA) is 58.2 Å². The van der Waals surface area contributed by atoms with Crippen LogP contribution in [0.4, 0.5) is 24.5 Å². The van der Waals surface area contributed by atoms with Crippen molar-refractivity contribution >= 4 is 39.1 Å². The largest absolute Gasteiger partial charge is 0.416 e. The lowest BCUT2D eigenvalue weighted by Crippen LogP contribution is -2.29. The Morgan fingerprint density at radius 3 is 2.29 bits per heavy atom. The number of carbonyl (C=O) groups excluding carboxylic acids is 2. The molecule has 24 heavy (non-hydrogen) atoms. The maximum absolute atomic E-state index is 12.6. The van der Waals surface area contributed by atoms with Crippen LogP contribution in [0, 0.1) is 6.92 Å².